The van der Waals surface area contributed by atoms with Gasteiger partial charge in [-0.15, -0.1) is 0 Å². The van der Waals surface area contributed by atoms with Gasteiger partial charge in [0, 0.05) is 31.0 Å². The first-order chi connectivity index (χ1) is 7.68. The van der Waals surface area contributed by atoms with E-state index in [-0.39, 0.29) is 12.1 Å². The van der Waals surface area contributed by atoms with Gasteiger partial charge in [0.25, 0.3) is 0 Å². The number of aryl methyl sites for hydroxylation is 1. The van der Waals surface area contributed by atoms with E-state index >= 15 is 0 Å². The molecule has 4 nitrogen and oxygen atoms in total. The number of aromatic nitrogens is 2. The van der Waals surface area contributed by atoms with Crippen molar-refractivity contribution in [1.82, 2.24) is 14.9 Å². The van der Waals surface area contributed by atoms with E-state index in [9.17, 15) is 0 Å². The van der Waals surface area contributed by atoms with E-state index < -0.39 is 0 Å². The summed E-state index contributed by atoms with van der Waals surface area (Å²) in [6.07, 6.45) is 7.23. The molecule has 4 heteroatoms. The van der Waals surface area contributed by atoms with Gasteiger partial charge in [0.15, 0.2) is 0 Å². The first kappa shape index (κ1) is 11.0. The Morgan fingerprint density at radius 3 is 2.75 bits per heavy atom. The fourth-order valence-electron chi connectivity index (χ4n) is 1.86. The van der Waals surface area contributed by atoms with Crippen LogP contribution in [0.2, 0.25) is 0 Å². The summed E-state index contributed by atoms with van der Waals surface area (Å²) in [5, 5.41) is 3.48. The molecule has 2 atom stereocenters. The molecule has 0 spiro atoms. The zero-order chi connectivity index (χ0) is 11.5. The number of rotatable bonds is 4. The maximum Gasteiger partial charge on any atom is 0.125 e. The largest absolute Gasteiger partial charge is 0.472 e. The third-order valence-corrected chi connectivity index (χ3v) is 2.79. The fourth-order valence-corrected chi connectivity index (χ4v) is 1.86. The van der Waals surface area contributed by atoms with Gasteiger partial charge >= 0.3 is 0 Å². The summed E-state index contributed by atoms with van der Waals surface area (Å²) in [6, 6.07) is 2.44. The Labute approximate surface area is 95.3 Å². The highest BCUT2D eigenvalue weighted by Crippen LogP contribution is 2.18. The number of imidazole rings is 1. The van der Waals surface area contributed by atoms with E-state index in [0.29, 0.717) is 0 Å². The Morgan fingerprint density at radius 2 is 2.19 bits per heavy atom. The second-order valence-corrected chi connectivity index (χ2v) is 4.06. The van der Waals surface area contributed by atoms with Crippen LogP contribution in [0.1, 0.15) is 37.3 Å². The van der Waals surface area contributed by atoms with Crippen molar-refractivity contribution in [2.45, 2.75) is 25.9 Å². The highest BCUT2D eigenvalue weighted by Gasteiger charge is 2.14. The minimum atomic E-state index is 0.213. The number of hydrogen-bond acceptors (Lipinski definition) is 3. The number of nitrogens with zero attached hydrogens (tertiary/aromatic N) is 2. The molecule has 0 aliphatic heterocycles. The van der Waals surface area contributed by atoms with Crippen molar-refractivity contribution < 1.29 is 4.42 Å². The normalized spacial score (nSPS) is 14.9. The summed E-state index contributed by atoms with van der Waals surface area (Å²) in [5.74, 6) is 1.04. The monoisotopic (exact) mass is 219 g/mol. The predicted octanol–water partition coefficient (Wildman–Crippen LogP) is 2.42. The first-order valence-corrected chi connectivity index (χ1v) is 5.44. The van der Waals surface area contributed by atoms with Crippen molar-refractivity contribution in [3.63, 3.8) is 0 Å². The summed E-state index contributed by atoms with van der Waals surface area (Å²) in [7, 11) is 2.00. The number of hydrogen-bond donors (Lipinski definition) is 1. The molecular weight excluding hydrogens is 202 g/mol. The molecule has 86 valence electrons. The smallest absolute Gasteiger partial charge is 0.125 e. The van der Waals surface area contributed by atoms with Crippen LogP contribution in [0.3, 0.4) is 0 Å². The SMILES string of the molecule is CC(NC(C)c1nccn1C)c1ccoc1. The zero-order valence-electron chi connectivity index (χ0n) is 9.84. The van der Waals surface area contributed by atoms with Gasteiger partial charge in [0.2, 0.25) is 0 Å². The van der Waals surface area contributed by atoms with E-state index in [0.717, 1.165) is 11.4 Å². The molecule has 1 N–H and O–H groups in total. The lowest BCUT2D eigenvalue weighted by Gasteiger charge is -2.18. The van der Waals surface area contributed by atoms with Crippen LogP contribution < -0.4 is 5.32 Å². The molecule has 0 aromatic carbocycles. The van der Waals surface area contributed by atoms with Crippen LogP contribution in [0.5, 0.6) is 0 Å². The molecule has 0 aliphatic rings. The Balaban J connectivity index is 2.03. The van der Waals surface area contributed by atoms with Gasteiger partial charge in [-0.2, -0.15) is 0 Å². The van der Waals surface area contributed by atoms with E-state index in [1.165, 1.54) is 0 Å². The Bertz CT molecular complexity index is 433. The van der Waals surface area contributed by atoms with E-state index in [4.69, 9.17) is 4.42 Å². The van der Waals surface area contributed by atoms with Crippen molar-refractivity contribution in [3.05, 3.63) is 42.4 Å². The minimum Gasteiger partial charge on any atom is -0.472 e. The van der Waals surface area contributed by atoms with Gasteiger partial charge in [-0.05, 0) is 19.9 Å². The second-order valence-electron chi connectivity index (χ2n) is 4.06. The lowest BCUT2D eigenvalue weighted by atomic mass is 10.1. The third kappa shape index (κ3) is 2.17. The Morgan fingerprint density at radius 1 is 1.38 bits per heavy atom. The number of nitrogens with one attached hydrogen (secondary N) is 1. The standard InChI is InChI=1S/C12H17N3O/c1-9(11-4-7-16-8-11)14-10(2)12-13-5-6-15(12)3/h4-10,14H,1-3H3. The minimum absolute atomic E-state index is 0.213. The predicted molar refractivity (Wildman–Crippen MR) is 61.9 cm³/mol. The van der Waals surface area contributed by atoms with Gasteiger partial charge in [-0.1, -0.05) is 0 Å². The first-order valence-electron chi connectivity index (χ1n) is 5.44. The van der Waals surface area contributed by atoms with E-state index in [1.807, 2.05) is 30.1 Å². The molecule has 0 amide bonds. The van der Waals surface area contributed by atoms with Crippen LogP contribution in [0.25, 0.3) is 0 Å². The zero-order valence-corrected chi connectivity index (χ0v) is 9.84. The second kappa shape index (κ2) is 4.53. The molecule has 2 unspecified atom stereocenters. The van der Waals surface area contributed by atoms with Crippen molar-refractivity contribution in [2.75, 3.05) is 0 Å². The summed E-state index contributed by atoms with van der Waals surface area (Å²) >= 11 is 0. The number of furan rings is 1. The molecular formula is C12H17N3O. The summed E-state index contributed by atoms with van der Waals surface area (Å²) in [6.45, 7) is 4.23. The van der Waals surface area contributed by atoms with Crippen LogP contribution >= 0.6 is 0 Å². The molecule has 2 rings (SSSR count). The van der Waals surface area contributed by atoms with Crippen molar-refractivity contribution in [3.8, 4) is 0 Å². The molecule has 16 heavy (non-hydrogen) atoms. The van der Waals surface area contributed by atoms with Crippen LogP contribution in [-0.4, -0.2) is 9.55 Å². The molecule has 0 radical (unpaired) electrons. The molecule has 2 aromatic rings. The van der Waals surface area contributed by atoms with Crippen molar-refractivity contribution in [2.24, 2.45) is 7.05 Å². The average Bonchev–Trinajstić information content (AvgIpc) is 2.86. The van der Waals surface area contributed by atoms with Crippen molar-refractivity contribution in [1.29, 1.82) is 0 Å². The Kier molecular flexibility index (Phi) is 3.10. The third-order valence-electron chi connectivity index (χ3n) is 2.79. The maximum atomic E-state index is 5.07. The van der Waals surface area contributed by atoms with Crippen LogP contribution in [0.4, 0.5) is 0 Å². The summed E-state index contributed by atoms with van der Waals surface area (Å²) in [5.41, 5.74) is 1.15. The van der Waals surface area contributed by atoms with Gasteiger partial charge < -0.3 is 14.3 Å². The lowest BCUT2D eigenvalue weighted by Crippen LogP contribution is -2.24. The molecule has 0 saturated carbocycles. The topological polar surface area (TPSA) is 43.0 Å². The van der Waals surface area contributed by atoms with Gasteiger partial charge in [-0.3, -0.25) is 0 Å². The van der Waals surface area contributed by atoms with E-state index in [1.54, 1.807) is 12.5 Å². The molecule has 2 aromatic heterocycles. The fraction of sp³-hybridized carbons (Fsp3) is 0.417. The van der Waals surface area contributed by atoms with Gasteiger partial charge in [0.05, 0.1) is 18.6 Å². The van der Waals surface area contributed by atoms with Gasteiger partial charge in [0.1, 0.15) is 5.82 Å². The van der Waals surface area contributed by atoms with Crippen LogP contribution in [0.15, 0.2) is 35.4 Å². The summed E-state index contributed by atoms with van der Waals surface area (Å²) in [4.78, 5) is 4.33. The molecule has 0 fully saturated rings. The highest BCUT2D eigenvalue weighted by atomic mass is 16.3. The molecule has 0 bridgehead atoms. The molecule has 2 heterocycles. The van der Waals surface area contributed by atoms with E-state index in [2.05, 4.69) is 24.1 Å². The summed E-state index contributed by atoms with van der Waals surface area (Å²) < 4.78 is 7.10. The van der Waals surface area contributed by atoms with Crippen LogP contribution in [0, 0.1) is 0 Å². The van der Waals surface area contributed by atoms with Crippen molar-refractivity contribution >= 4 is 0 Å². The average molecular weight is 219 g/mol. The van der Waals surface area contributed by atoms with Gasteiger partial charge in [-0.25, -0.2) is 4.98 Å². The quantitative estimate of drug-likeness (QED) is 0.858. The Hall–Kier alpha value is -1.55. The molecule has 0 aliphatic carbocycles. The van der Waals surface area contributed by atoms with Crippen LogP contribution in [-0.2, 0) is 7.05 Å². The highest BCUT2D eigenvalue weighted by molar-refractivity contribution is 5.11. The maximum absolute atomic E-state index is 5.07. The lowest BCUT2D eigenvalue weighted by molar-refractivity contribution is 0.462. The molecule has 0 saturated heterocycles.